The fraction of sp³-hybridized carbons (Fsp3) is 0.500. The van der Waals surface area contributed by atoms with Crippen LogP contribution >= 0.6 is 0 Å². The lowest BCUT2D eigenvalue weighted by atomic mass is 9.92. The van der Waals surface area contributed by atoms with Crippen LogP contribution in [0.4, 0.5) is 13.6 Å². The molecule has 0 bridgehead atoms. The Kier molecular flexibility index (Phi) is 3.33. The number of halogens is 2. The Labute approximate surface area is 115 Å². The third kappa shape index (κ3) is 2.47. The molecule has 2 aliphatic rings. The Morgan fingerprint density at radius 1 is 1.30 bits per heavy atom. The Morgan fingerprint density at radius 2 is 2.05 bits per heavy atom. The van der Waals surface area contributed by atoms with Gasteiger partial charge in [0.2, 0.25) is 0 Å². The highest BCUT2D eigenvalue weighted by atomic mass is 19.1. The summed E-state index contributed by atoms with van der Waals surface area (Å²) < 4.78 is 32.0. The SMILES string of the molecule is O=C1OC2(CCNCC2)CN1Cc1ccc(F)cc1F. The zero-order valence-electron chi connectivity index (χ0n) is 11.0. The van der Waals surface area contributed by atoms with Crippen molar-refractivity contribution in [3.63, 3.8) is 0 Å². The molecule has 108 valence electrons. The molecule has 0 saturated carbocycles. The summed E-state index contributed by atoms with van der Waals surface area (Å²) in [7, 11) is 0. The third-order valence-corrected chi connectivity index (χ3v) is 3.93. The average Bonchev–Trinajstić information content (AvgIpc) is 2.70. The number of piperidine rings is 1. The van der Waals surface area contributed by atoms with Crippen LogP contribution in [0.5, 0.6) is 0 Å². The molecule has 4 nitrogen and oxygen atoms in total. The largest absolute Gasteiger partial charge is 0.441 e. The first-order valence-electron chi connectivity index (χ1n) is 6.71. The molecule has 0 radical (unpaired) electrons. The summed E-state index contributed by atoms with van der Waals surface area (Å²) in [6.07, 6.45) is 1.11. The highest BCUT2D eigenvalue weighted by Gasteiger charge is 2.45. The number of hydrogen-bond donors (Lipinski definition) is 1. The van der Waals surface area contributed by atoms with Gasteiger partial charge in [-0.2, -0.15) is 0 Å². The van der Waals surface area contributed by atoms with E-state index in [1.807, 2.05) is 0 Å². The van der Waals surface area contributed by atoms with E-state index in [0.717, 1.165) is 32.0 Å². The van der Waals surface area contributed by atoms with Gasteiger partial charge in [0.1, 0.15) is 17.2 Å². The van der Waals surface area contributed by atoms with Crippen molar-refractivity contribution < 1.29 is 18.3 Å². The standard InChI is InChI=1S/C14H16F2N2O2/c15-11-2-1-10(12(16)7-11)8-18-9-14(20-13(18)19)3-5-17-6-4-14/h1-2,7,17H,3-6,8-9H2. The number of rotatable bonds is 2. The first kappa shape index (κ1) is 13.3. The van der Waals surface area contributed by atoms with Crippen LogP contribution in [-0.2, 0) is 11.3 Å². The van der Waals surface area contributed by atoms with Crippen molar-refractivity contribution in [3.05, 3.63) is 35.4 Å². The van der Waals surface area contributed by atoms with Crippen LogP contribution in [0.1, 0.15) is 18.4 Å². The van der Waals surface area contributed by atoms with Gasteiger partial charge in [-0.25, -0.2) is 13.6 Å². The second-order valence-corrected chi connectivity index (χ2v) is 5.39. The van der Waals surface area contributed by atoms with Crippen LogP contribution in [0.3, 0.4) is 0 Å². The molecule has 2 aliphatic heterocycles. The van der Waals surface area contributed by atoms with Crippen LogP contribution in [0.2, 0.25) is 0 Å². The smallest absolute Gasteiger partial charge is 0.410 e. The number of nitrogens with one attached hydrogen (secondary N) is 1. The van der Waals surface area contributed by atoms with Gasteiger partial charge in [0.05, 0.1) is 13.1 Å². The zero-order valence-corrected chi connectivity index (χ0v) is 11.0. The molecule has 1 aromatic carbocycles. The van der Waals surface area contributed by atoms with Crippen LogP contribution in [0, 0.1) is 11.6 Å². The van der Waals surface area contributed by atoms with E-state index >= 15 is 0 Å². The molecule has 0 aliphatic carbocycles. The summed E-state index contributed by atoms with van der Waals surface area (Å²) >= 11 is 0. The summed E-state index contributed by atoms with van der Waals surface area (Å²) in [6.45, 7) is 2.20. The molecule has 2 heterocycles. The number of carbonyl (C=O) groups is 1. The minimum absolute atomic E-state index is 0.111. The van der Waals surface area contributed by atoms with E-state index < -0.39 is 23.3 Å². The Morgan fingerprint density at radius 3 is 2.75 bits per heavy atom. The second-order valence-electron chi connectivity index (χ2n) is 5.39. The van der Waals surface area contributed by atoms with Gasteiger partial charge in [0.15, 0.2) is 0 Å². The number of nitrogens with zero attached hydrogens (tertiary/aromatic N) is 1. The van der Waals surface area contributed by atoms with Gasteiger partial charge in [-0.05, 0) is 19.2 Å². The van der Waals surface area contributed by atoms with Crippen LogP contribution < -0.4 is 5.32 Å². The third-order valence-electron chi connectivity index (χ3n) is 3.93. The molecule has 6 heteroatoms. The van der Waals surface area contributed by atoms with Gasteiger partial charge in [-0.3, -0.25) is 4.90 Å². The topological polar surface area (TPSA) is 41.6 Å². The van der Waals surface area contributed by atoms with Crippen molar-refractivity contribution in [3.8, 4) is 0 Å². The molecule has 3 rings (SSSR count). The average molecular weight is 282 g/mol. The maximum absolute atomic E-state index is 13.6. The van der Waals surface area contributed by atoms with Gasteiger partial charge < -0.3 is 10.1 Å². The number of ether oxygens (including phenoxy) is 1. The zero-order chi connectivity index (χ0) is 14.2. The predicted octanol–water partition coefficient (Wildman–Crippen LogP) is 2.04. The van der Waals surface area contributed by atoms with Gasteiger partial charge in [-0.15, -0.1) is 0 Å². The fourth-order valence-electron chi connectivity index (χ4n) is 2.81. The summed E-state index contributed by atoms with van der Waals surface area (Å²) in [5.41, 5.74) is -0.145. The molecular formula is C14H16F2N2O2. The van der Waals surface area contributed by atoms with Crippen molar-refractivity contribution >= 4 is 6.09 Å². The summed E-state index contributed by atoms with van der Waals surface area (Å²) in [4.78, 5) is 13.4. The maximum atomic E-state index is 13.6. The van der Waals surface area contributed by atoms with Crippen LogP contribution in [-0.4, -0.2) is 36.2 Å². The Hall–Kier alpha value is -1.69. The van der Waals surface area contributed by atoms with Crippen molar-refractivity contribution in [2.75, 3.05) is 19.6 Å². The Balaban J connectivity index is 1.73. The monoisotopic (exact) mass is 282 g/mol. The van der Waals surface area contributed by atoms with Crippen molar-refractivity contribution in [2.24, 2.45) is 0 Å². The first-order chi connectivity index (χ1) is 9.58. The fourth-order valence-corrected chi connectivity index (χ4v) is 2.81. The molecule has 2 fully saturated rings. The highest BCUT2D eigenvalue weighted by Crippen LogP contribution is 2.32. The van der Waals surface area contributed by atoms with E-state index in [4.69, 9.17) is 4.74 Å². The van der Waals surface area contributed by atoms with Crippen molar-refractivity contribution in [1.82, 2.24) is 10.2 Å². The highest BCUT2D eigenvalue weighted by molar-refractivity contribution is 5.70. The van der Waals surface area contributed by atoms with E-state index in [0.29, 0.717) is 12.1 Å². The number of amides is 1. The molecule has 1 N–H and O–H groups in total. The van der Waals surface area contributed by atoms with Crippen molar-refractivity contribution in [1.29, 1.82) is 0 Å². The van der Waals surface area contributed by atoms with Gasteiger partial charge in [-0.1, -0.05) is 6.07 Å². The normalized spacial score (nSPS) is 21.3. The maximum Gasteiger partial charge on any atom is 0.410 e. The number of hydrogen-bond acceptors (Lipinski definition) is 3. The first-order valence-corrected chi connectivity index (χ1v) is 6.71. The molecule has 20 heavy (non-hydrogen) atoms. The van der Waals surface area contributed by atoms with Gasteiger partial charge in [0.25, 0.3) is 0 Å². The molecule has 1 amide bonds. The molecule has 1 spiro atoms. The Bertz CT molecular complexity index is 530. The minimum Gasteiger partial charge on any atom is -0.441 e. The van der Waals surface area contributed by atoms with E-state index in [-0.39, 0.29) is 6.54 Å². The summed E-state index contributed by atoms with van der Waals surface area (Å²) in [6, 6.07) is 3.39. The quantitative estimate of drug-likeness (QED) is 0.902. The summed E-state index contributed by atoms with van der Waals surface area (Å²) in [5, 5.41) is 3.22. The summed E-state index contributed by atoms with van der Waals surface area (Å²) in [5.74, 6) is -1.26. The molecule has 2 saturated heterocycles. The van der Waals surface area contributed by atoms with Crippen LogP contribution in [0.25, 0.3) is 0 Å². The second kappa shape index (κ2) is 5.01. The van der Waals surface area contributed by atoms with Gasteiger partial charge in [0, 0.05) is 24.5 Å². The van der Waals surface area contributed by atoms with E-state index in [2.05, 4.69) is 5.32 Å². The lowest BCUT2D eigenvalue weighted by Gasteiger charge is -2.31. The van der Waals surface area contributed by atoms with Crippen molar-refractivity contribution in [2.45, 2.75) is 25.0 Å². The van der Waals surface area contributed by atoms with Crippen LogP contribution in [0.15, 0.2) is 18.2 Å². The predicted molar refractivity (Wildman–Crippen MR) is 68.1 cm³/mol. The number of benzene rings is 1. The molecule has 1 aromatic rings. The minimum atomic E-state index is -0.635. The molecular weight excluding hydrogens is 266 g/mol. The molecule has 0 atom stereocenters. The molecule has 0 aromatic heterocycles. The molecule has 0 unspecified atom stereocenters. The van der Waals surface area contributed by atoms with E-state index in [1.165, 1.54) is 17.0 Å². The van der Waals surface area contributed by atoms with Gasteiger partial charge >= 0.3 is 6.09 Å². The van der Waals surface area contributed by atoms with E-state index in [1.54, 1.807) is 0 Å². The lowest BCUT2D eigenvalue weighted by molar-refractivity contribution is 0.0316. The number of carbonyl (C=O) groups excluding carboxylic acids is 1. The van der Waals surface area contributed by atoms with E-state index in [9.17, 15) is 13.6 Å². The lowest BCUT2D eigenvalue weighted by Crippen LogP contribution is -2.44.